The number of nitrogens with one attached hydrogen (secondary N) is 2. The van der Waals surface area contributed by atoms with Crippen LogP contribution in [0.15, 0.2) is 67.0 Å². The van der Waals surface area contributed by atoms with Gasteiger partial charge in [0.1, 0.15) is 0 Å². The third-order valence-electron chi connectivity index (χ3n) is 3.20. The van der Waals surface area contributed by atoms with E-state index in [2.05, 4.69) is 10.6 Å². The molecule has 0 aliphatic carbocycles. The summed E-state index contributed by atoms with van der Waals surface area (Å²) in [6.07, 6.45) is 3.91. The Morgan fingerprint density at radius 2 is 1.61 bits per heavy atom. The Hall–Kier alpha value is -2.43. The second-order valence-corrected chi connectivity index (χ2v) is 5.68. The van der Waals surface area contributed by atoms with E-state index in [9.17, 15) is 4.79 Å². The summed E-state index contributed by atoms with van der Waals surface area (Å²) in [5, 5.41) is 6.34. The van der Waals surface area contributed by atoms with Crippen LogP contribution in [0, 0.1) is 0 Å². The zero-order valence-electron chi connectivity index (χ0n) is 12.0. The van der Waals surface area contributed by atoms with Gasteiger partial charge in [-0.25, -0.2) is 4.79 Å². The number of benzene rings is 2. The van der Waals surface area contributed by atoms with Gasteiger partial charge in [-0.1, -0.05) is 23.2 Å². The first-order valence-corrected chi connectivity index (χ1v) is 7.64. The zero-order valence-corrected chi connectivity index (χ0v) is 13.5. The highest BCUT2D eigenvalue weighted by atomic mass is 35.5. The Balaban J connectivity index is 1.67. The monoisotopic (exact) mass is 345 g/mol. The topological polar surface area (TPSA) is 46.1 Å². The average Bonchev–Trinajstić information content (AvgIpc) is 3.06. The van der Waals surface area contributed by atoms with E-state index in [4.69, 9.17) is 23.2 Å². The standard InChI is InChI=1S/C17H13Cl2N3O/c18-12-3-8-15(19)16(11-12)21-17(23)20-13-4-6-14(7-5-13)22-9-1-2-10-22/h1-11H,(H2,20,21,23). The predicted molar refractivity (Wildman–Crippen MR) is 94.9 cm³/mol. The van der Waals surface area contributed by atoms with Gasteiger partial charge < -0.3 is 15.2 Å². The van der Waals surface area contributed by atoms with Crippen LogP contribution in [0.4, 0.5) is 16.2 Å². The first-order chi connectivity index (χ1) is 11.1. The number of aromatic nitrogens is 1. The maximum Gasteiger partial charge on any atom is 0.323 e. The normalized spacial score (nSPS) is 10.3. The molecule has 0 unspecified atom stereocenters. The predicted octanol–water partition coefficient (Wildman–Crippen LogP) is 5.43. The minimum Gasteiger partial charge on any atom is -0.324 e. The van der Waals surface area contributed by atoms with Crippen molar-refractivity contribution in [3.63, 3.8) is 0 Å². The first-order valence-electron chi connectivity index (χ1n) is 6.88. The second kappa shape index (κ2) is 6.77. The molecule has 23 heavy (non-hydrogen) atoms. The molecular weight excluding hydrogens is 333 g/mol. The molecule has 1 aromatic heterocycles. The van der Waals surface area contributed by atoms with Crippen molar-refractivity contribution in [2.24, 2.45) is 0 Å². The molecule has 0 fully saturated rings. The summed E-state index contributed by atoms with van der Waals surface area (Å²) in [6.45, 7) is 0. The van der Waals surface area contributed by atoms with Crippen LogP contribution in [0.2, 0.25) is 10.0 Å². The van der Waals surface area contributed by atoms with E-state index in [0.717, 1.165) is 5.69 Å². The highest BCUT2D eigenvalue weighted by Crippen LogP contribution is 2.25. The van der Waals surface area contributed by atoms with Gasteiger partial charge in [-0.15, -0.1) is 0 Å². The lowest BCUT2D eigenvalue weighted by atomic mass is 10.3. The number of carbonyl (C=O) groups excluding carboxylic acids is 1. The molecule has 0 spiro atoms. The molecule has 0 saturated heterocycles. The molecule has 0 aliphatic heterocycles. The van der Waals surface area contributed by atoms with Crippen LogP contribution < -0.4 is 10.6 Å². The number of urea groups is 1. The van der Waals surface area contributed by atoms with Crippen molar-refractivity contribution < 1.29 is 4.79 Å². The van der Waals surface area contributed by atoms with Gasteiger partial charge in [0.2, 0.25) is 0 Å². The molecule has 3 rings (SSSR count). The van der Waals surface area contributed by atoms with Crippen LogP contribution in [0.25, 0.3) is 5.69 Å². The molecule has 6 heteroatoms. The van der Waals surface area contributed by atoms with Crippen molar-refractivity contribution in [1.82, 2.24) is 4.57 Å². The van der Waals surface area contributed by atoms with Crippen molar-refractivity contribution in [3.8, 4) is 5.69 Å². The summed E-state index contributed by atoms with van der Waals surface area (Å²) in [6, 6.07) is 15.9. The Bertz CT molecular complexity index is 814. The maximum absolute atomic E-state index is 12.0. The van der Waals surface area contributed by atoms with Gasteiger partial charge in [0.25, 0.3) is 0 Å². The minimum absolute atomic E-state index is 0.386. The van der Waals surface area contributed by atoms with E-state index in [1.807, 2.05) is 53.4 Å². The summed E-state index contributed by atoms with van der Waals surface area (Å²) in [5.41, 5.74) is 2.15. The summed E-state index contributed by atoms with van der Waals surface area (Å²) in [7, 11) is 0. The summed E-state index contributed by atoms with van der Waals surface area (Å²) < 4.78 is 1.98. The Morgan fingerprint density at radius 3 is 2.30 bits per heavy atom. The smallest absolute Gasteiger partial charge is 0.323 e. The highest BCUT2D eigenvalue weighted by Gasteiger charge is 2.07. The van der Waals surface area contributed by atoms with Gasteiger partial charge in [0.15, 0.2) is 0 Å². The molecule has 116 valence electrons. The molecule has 2 aromatic carbocycles. The van der Waals surface area contributed by atoms with E-state index in [-0.39, 0.29) is 6.03 Å². The Labute approximate surface area is 143 Å². The van der Waals surface area contributed by atoms with Crippen LogP contribution in [0.1, 0.15) is 0 Å². The fourth-order valence-electron chi connectivity index (χ4n) is 2.10. The van der Waals surface area contributed by atoms with Crippen LogP contribution in [-0.4, -0.2) is 10.6 Å². The third-order valence-corrected chi connectivity index (χ3v) is 3.77. The van der Waals surface area contributed by atoms with Crippen molar-refractivity contribution >= 4 is 40.6 Å². The van der Waals surface area contributed by atoms with Gasteiger partial charge >= 0.3 is 6.03 Å². The number of halogens is 2. The van der Waals surface area contributed by atoms with Crippen molar-refractivity contribution in [1.29, 1.82) is 0 Å². The van der Waals surface area contributed by atoms with E-state index in [1.54, 1.807) is 18.2 Å². The van der Waals surface area contributed by atoms with Crippen molar-refractivity contribution in [2.45, 2.75) is 0 Å². The van der Waals surface area contributed by atoms with Gasteiger partial charge in [-0.2, -0.15) is 0 Å². The SMILES string of the molecule is O=C(Nc1ccc(-n2cccc2)cc1)Nc1cc(Cl)ccc1Cl. The number of anilines is 2. The maximum atomic E-state index is 12.0. The van der Waals surface area contributed by atoms with Crippen LogP contribution in [0.5, 0.6) is 0 Å². The zero-order chi connectivity index (χ0) is 16.2. The van der Waals surface area contributed by atoms with E-state index in [1.165, 1.54) is 0 Å². The lowest BCUT2D eigenvalue weighted by Crippen LogP contribution is -2.19. The lowest BCUT2D eigenvalue weighted by molar-refractivity contribution is 0.262. The second-order valence-electron chi connectivity index (χ2n) is 4.84. The molecule has 1 heterocycles. The number of carbonyl (C=O) groups is 1. The van der Waals surface area contributed by atoms with Gasteiger partial charge in [0.05, 0.1) is 10.7 Å². The Morgan fingerprint density at radius 1 is 0.913 bits per heavy atom. The fraction of sp³-hybridized carbons (Fsp3) is 0. The average molecular weight is 346 g/mol. The fourth-order valence-corrected chi connectivity index (χ4v) is 2.44. The number of amides is 2. The molecule has 0 bridgehead atoms. The molecule has 3 aromatic rings. The summed E-state index contributed by atoms with van der Waals surface area (Å²) in [4.78, 5) is 12.0. The quantitative estimate of drug-likeness (QED) is 0.653. The number of hydrogen-bond donors (Lipinski definition) is 2. The van der Waals surface area contributed by atoms with Gasteiger partial charge in [-0.05, 0) is 54.6 Å². The first kappa shape index (κ1) is 15.5. The number of nitrogens with zero attached hydrogens (tertiary/aromatic N) is 1. The van der Waals surface area contributed by atoms with Gasteiger partial charge in [0, 0.05) is 28.8 Å². The van der Waals surface area contributed by atoms with Crippen LogP contribution in [-0.2, 0) is 0 Å². The Kier molecular flexibility index (Phi) is 4.55. The van der Waals surface area contributed by atoms with E-state index in [0.29, 0.717) is 21.4 Å². The van der Waals surface area contributed by atoms with Crippen LogP contribution >= 0.6 is 23.2 Å². The summed E-state index contributed by atoms with van der Waals surface area (Å²) in [5.74, 6) is 0. The summed E-state index contributed by atoms with van der Waals surface area (Å²) >= 11 is 11.9. The number of rotatable bonds is 3. The van der Waals surface area contributed by atoms with Gasteiger partial charge in [-0.3, -0.25) is 0 Å². The van der Waals surface area contributed by atoms with Crippen molar-refractivity contribution in [2.75, 3.05) is 10.6 Å². The van der Waals surface area contributed by atoms with E-state index >= 15 is 0 Å². The molecule has 0 atom stereocenters. The molecule has 2 amide bonds. The molecule has 4 nitrogen and oxygen atoms in total. The molecule has 0 saturated carbocycles. The molecule has 0 aliphatic rings. The minimum atomic E-state index is -0.386. The van der Waals surface area contributed by atoms with Crippen molar-refractivity contribution in [3.05, 3.63) is 77.0 Å². The van der Waals surface area contributed by atoms with E-state index < -0.39 is 0 Å². The molecular formula is C17H13Cl2N3O. The largest absolute Gasteiger partial charge is 0.324 e. The van der Waals surface area contributed by atoms with Crippen LogP contribution in [0.3, 0.4) is 0 Å². The number of hydrogen-bond acceptors (Lipinski definition) is 1. The highest BCUT2D eigenvalue weighted by molar-refractivity contribution is 6.35. The third kappa shape index (κ3) is 3.86. The molecule has 2 N–H and O–H groups in total. The molecule has 0 radical (unpaired) electrons. The lowest BCUT2D eigenvalue weighted by Gasteiger charge is -2.10.